The summed E-state index contributed by atoms with van der Waals surface area (Å²) in [6.45, 7) is 3.25. The van der Waals surface area contributed by atoms with Gasteiger partial charge in [0.05, 0.1) is 33.9 Å². The normalized spacial score (nSPS) is 19.2. The standard InChI is InChI=1S/C43H42N6O2/c1-44-34-18-8-6-16-32(34)42(50)48-26-22-30-28-14-4-10-20-36(28)46(38(30)40(44)48)24-12-3-13-25-47-37-21-11-5-15-29(37)31-23-27-49-41(39(31)47)45(2)35-19-9-7-17-33(35)43(49)51/h4-11,14-21,40-41H,3,12-13,22-27H2,1-2H3/t40-,41-/m0/s1. The van der Waals surface area contributed by atoms with Gasteiger partial charge in [-0.3, -0.25) is 9.59 Å². The zero-order valence-corrected chi connectivity index (χ0v) is 29.3. The second-order valence-electron chi connectivity index (χ2n) is 14.6. The van der Waals surface area contributed by atoms with Crippen LogP contribution in [0.25, 0.3) is 21.8 Å². The molecule has 51 heavy (non-hydrogen) atoms. The monoisotopic (exact) mass is 674 g/mol. The largest absolute Gasteiger partial charge is 0.349 e. The molecule has 0 saturated carbocycles. The summed E-state index contributed by atoms with van der Waals surface area (Å²) in [6, 6.07) is 33.6. The van der Waals surface area contributed by atoms with Crippen LogP contribution in [0.3, 0.4) is 0 Å². The second-order valence-corrected chi connectivity index (χ2v) is 14.6. The Labute approximate surface area is 298 Å². The van der Waals surface area contributed by atoms with E-state index in [0.717, 1.165) is 80.8 Å². The van der Waals surface area contributed by atoms with Crippen molar-refractivity contribution in [3.63, 3.8) is 0 Å². The number of aryl methyl sites for hydroxylation is 2. The van der Waals surface area contributed by atoms with E-state index in [1.165, 1.54) is 44.3 Å². The van der Waals surface area contributed by atoms with Gasteiger partial charge in [0.1, 0.15) is 12.3 Å². The molecule has 0 unspecified atom stereocenters. The molecule has 8 nitrogen and oxygen atoms in total. The highest BCUT2D eigenvalue weighted by atomic mass is 16.2. The first kappa shape index (κ1) is 30.3. The maximum atomic E-state index is 13.8. The lowest BCUT2D eigenvalue weighted by molar-refractivity contribution is 0.0623. The van der Waals surface area contributed by atoms with Gasteiger partial charge < -0.3 is 28.7 Å². The van der Waals surface area contributed by atoms with Gasteiger partial charge in [-0.05, 0) is 79.6 Å². The van der Waals surface area contributed by atoms with Crippen molar-refractivity contribution in [2.75, 3.05) is 37.0 Å². The fraction of sp³-hybridized carbons (Fsp3) is 0.302. The minimum absolute atomic E-state index is 0.121. The van der Waals surface area contributed by atoms with Crippen LogP contribution in [0.15, 0.2) is 97.1 Å². The van der Waals surface area contributed by atoms with Crippen molar-refractivity contribution >= 4 is 45.0 Å². The highest BCUT2D eigenvalue weighted by Gasteiger charge is 2.44. The Balaban J connectivity index is 0.945. The van der Waals surface area contributed by atoms with E-state index in [1.807, 2.05) is 36.4 Å². The average Bonchev–Trinajstić information content (AvgIpc) is 3.67. The van der Waals surface area contributed by atoms with Crippen LogP contribution in [0.1, 0.15) is 74.8 Å². The van der Waals surface area contributed by atoms with Gasteiger partial charge in [0.25, 0.3) is 11.8 Å². The van der Waals surface area contributed by atoms with E-state index < -0.39 is 0 Å². The fourth-order valence-electron chi connectivity index (χ4n) is 9.82. The molecule has 256 valence electrons. The number of benzene rings is 4. The van der Waals surface area contributed by atoms with E-state index in [0.29, 0.717) is 0 Å². The van der Waals surface area contributed by atoms with Gasteiger partial charge >= 0.3 is 0 Å². The molecular weight excluding hydrogens is 633 g/mol. The van der Waals surface area contributed by atoms with Crippen LogP contribution in [0.2, 0.25) is 0 Å². The number of unbranched alkanes of at least 4 members (excludes halogenated alkanes) is 2. The molecule has 4 aliphatic rings. The summed E-state index contributed by atoms with van der Waals surface area (Å²) >= 11 is 0. The molecule has 2 aromatic heterocycles. The van der Waals surface area contributed by atoms with E-state index >= 15 is 0 Å². The second kappa shape index (κ2) is 11.5. The van der Waals surface area contributed by atoms with E-state index in [4.69, 9.17) is 0 Å². The number of fused-ring (bicyclic) bond motifs is 12. The molecule has 4 aliphatic heterocycles. The van der Waals surface area contributed by atoms with Crippen LogP contribution >= 0.6 is 0 Å². The summed E-state index contributed by atoms with van der Waals surface area (Å²) in [5.41, 5.74) is 11.4. The van der Waals surface area contributed by atoms with Crippen molar-refractivity contribution in [3.05, 3.63) is 131 Å². The molecule has 6 heterocycles. The summed E-state index contributed by atoms with van der Waals surface area (Å²) in [6.07, 6.45) is 4.64. The lowest BCUT2D eigenvalue weighted by Gasteiger charge is -2.46. The molecule has 2 amide bonds. The van der Waals surface area contributed by atoms with Crippen molar-refractivity contribution in [2.45, 2.75) is 57.5 Å². The molecule has 6 aromatic rings. The predicted octanol–water partition coefficient (Wildman–Crippen LogP) is 7.76. The number of aromatic nitrogens is 2. The highest BCUT2D eigenvalue weighted by Crippen LogP contribution is 2.46. The summed E-state index contributed by atoms with van der Waals surface area (Å²) in [4.78, 5) is 36.3. The number of carbonyl (C=O) groups excluding carboxylic acids is 2. The highest BCUT2D eigenvalue weighted by molar-refractivity contribution is 6.03. The van der Waals surface area contributed by atoms with Gasteiger partial charge in [-0.25, -0.2) is 0 Å². The minimum atomic E-state index is -0.121. The number of carbonyl (C=O) groups is 2. The summed E-state index contributed by atoms with van der Waals surface area (Å²) in [7, 11) is 4.28. The third kappa shape index (κ3) is 4.31. The molecule has 8 heteroatoms. The van der Waals surface area contributed by atoms with Gasteiger partial charge in [-0.1, -0.05) is 60.7 Å². The smallest absolute Gasteiger partial charge is 0.257 e. The average molecular weight is 675 g/mol. The third-order valence-electron chi connectivity index (χ3n) is 12.1. The Morgan fingerprint density at radius 3 is 1.41 bits per heavy atom. The number of anilines is 2. The van der Waals surface area contributed by atoms with Crippen LogP contribution in [-0.2, 0) is 25.9 Å². The van der Waals surface area contributed by atoms with E-state index in [2.05, 4.69) is 103 Å². The molecule has 4 aromatic carbocycles. The lowest BCUT2D eigenvalue weighted by atomic mass is 9.96. The SMILES string of the molecule is CN1c2ccccc2C(=O)N2CCc3c(n(CCCCCn4c5c(c6ccccc64)CCN4C(=O)c6ccccc6N(C)[C@H]54)c4ccccc34)[C@H]21. The van der Waals surface area contributed by atoms with E-state index in [1.54, 1.807) is 0 Å². The number of para-hydroxylation sites is 4. The maximum Gasteiger partial charge on any atom is 0.257 e. The Morgan fingerprint density at radius 2 is 0.941 bits per heavy atom. The zero-order valence-electron chi connectivity index (χ0n) is 29.3. The first-order valence-electron chi connectivity index (χ1n) is 18.5. The van der Waals surface area contributed by atoms with Crippen LogP contribution in [0, 0.1) is 0 Å². The van der Waals surface area contributed by atoms with Crippen LogP contribution in [-0.4, -0.2) is 57.9 Å². The van der Waals surface area contributed by atoms with E-state index in [-0.39, 0.29) is 24.1 Å². The number of hydrogen-bond acceptors (Lipinski definition) is 4. The summed E-state index contributed by atoms with van der Waals surface area (Å²) in [5.74, 6) is 0.261. The Bertz CT molecular complexity index is 2220. The van der Waals surface area contributed by atoms with Crippen LogP contribution in [0.5, 0.6) is 0 Å². The van der Waals surface area contributed by atoms with Crippen molar-refractivity contribution < 1.29 is 9.59 Å². The van der Waals surface area contributed by atoms with Gasteiger partial charge in [-0.15, -0.1) is 0 Å². The molecule has 0 spiro atoms. The zero-order chi connectivity index (χ0) is 34.4. The molecule has 0 N–H and O–H groups in total. The minimum Gasteiger partial charge on any atom is -0.349 e. The number of nitrogens with zero attached hydrogens (tertiary/aromatic N) is 6. The Hall–Kier alpha value is -5.50. The molecule has 0 fully saturated rings. The fourth-order valence-corrected chi connectivity index (χ4v) is 9.82. The van der Waals surface area contributed by atoms with Gasteiger partial charge in [0.2, 0.25) is 0 Å². The quantitative estimate of drug-likeness (QED) is 0.170. The molecule has 0 saturated heterocycles. The number of amides is 2. The topological polar surface area (TPSA) is 57.0 Å². The Kier molecular flexibility index (Phi) is 6.85. The van der Waals surface area contributed by atoms with E-state index in [9.17, 15) is 9.59 Å². The van der Waals surface area contributed by atoms with Crippen LogP contribution < -0.4 is 9.80 Å². The first-order chi connectivity index (χ1) is 25.0. The number of rotatable bonds is 6. The summed E-state index contributed by atoms with van der Waals surface area (Å²) < 4.78 is 5.04. The molecule has 2 atom stereocenters. The molecule has 0 radical (unpaired) electrons. The van der Waals surface area contributed by atoms with Gasteiger partial charge in [-0.2, -0.15) is 0 Å². The Morgan fingerprint density at radius 1 is 0.529 bits per heavy atom. The van der Waals surface area contributed by atoms with Crippen LogP contribution in [0.4, 0.5) is 11.4 Å². The maximum absolute atomic E-state index is 13.8. The van der Waals surface area contributed by atoms with Crippen molar-refractivity contribution in [3.8, 4) is 0 Å². The van der Waals surface area contributed by atoms with Crippen molar-refractivity contribution in [1.29, 1.82) is 0 Å². The lowest BCUT2D eigenvalue weighted by Crippen LogP contribution is -2.51. The summed E-state index contributed by atoms with van der Waals surface area (Å²) in [5, 5.41) is 2.63. The molecule has 0 bridgehead atoms. The molecule has 10 rings (SSSR count). The van der Waals surface area contributed by atoms with Crippen molar-refractivity contribution in [1.82, 2.24) is 18.9 Å². The number of hydrogen-bond donors (Lipinski definition) is 0. The van der Waals surface area contributed by atoms with Crippen molar-refractivity contribution in [2.24, 2.45) is 0 Å². The molecular formula is C43H42N6O2. The van der Waals surface area contributed by atoms with Gasteiger partial charge in [0, 0.05) is 62.1 Å². The predicted molar refractivity (Wildman–Crippen MR) is 202 cm³/mol. The molecule has 0 aliphatic carbocycles. The van der Waals surface area contributed by atoms with Gasteiger partial charge in [0.15, 0.2) is 0 Å². The first-order valence-corrected chi connectivity index (χ1v) is 18.5. The third-order valence-corrected chi connectivity index (χ3v) is 12.1.